The highest BCUT2D eigenvalue weighted by Gasteiger charge is 2.17. The molecule has 1 heterocycles. The van der Waals surface area contributed by atoms with Gasteiger partial charge in [0.05, 0.1) is 11.4 Å². The van der Waals surface area contributed by atoms with Crippen molar-refractivity contribution in [1.82, 2.24) is 15.1 Å². The van der Waals surface area contributed by atoms with Crippen LogP contribution in [0.4, 0.5) is 0 Å². The lowest BCUT2D eigenvalue weighted by Crippen LogP contribution is -2.18. The number of rotatable bonds is 3. The Bertz CT molecular complexity index is 857. The van der Waals surface area contributed by atoms with E-state index in [1.54, 1.807) is 36.0 Å². The lowest BCUT2D eigenvalue weighted by molar-refractivity contribution is 0.0957. The normalized spacial score (nSPS) is 10.6. The fourth-order valence-corrected chi connectivity index (χ4v) is 2.62. The maximum absolute atomic E-state index is 11.9. The predicted molar refractivity (Wildman–Crippen MR) is 92.4 cm³/mol. The zero-order valence-corrected chi connectivity index (χ0v) is 13.8. The Labute approximate surface area is 143 Å². The maximum Gasteiger partial charge on any atom is 0.271 e. The number of nitrogens with zero attached hydrogens (tertiary/aromatic N) is 2. The molecule has 0 radical (unpaired) electrons. The number of hydrogen-bond acceptors (Lipinski definition) is 2. The molecule has 0 bridgehead atoms. The topological polar surface area (TPSA) is 46.9 Å². The van der Waals surface area contributed by atoms with Crippen LogP contribution >= 0.6 is 23.2 Å². The minimum Gasteiger partial charge on any atom is -0.354 e. The predicted octanol–water partition coefficient (Wildman–Crippen LogP) is 4.21. The van der Waals surface area contributed by atoms with Crippen molar-refractivity contribution < 1.29 is 4.79 Å². The van der Waals surface area contributed by atoms with E-state index in [1.165, 1.54) is 0 Å². The van der Waals surface area contributed by atoms with Crippen LogP contribution in [-0.2, 0) is 0 Å². The van der Waals surface area contributed by atoms with Gasteiger partial charge >= 0.3 is 0 Å². The van der Waals surface area contributed by atoms with Gasteiger partial charge in [-0.2, -0.15) is 5.10 Å². The maximum atomic E-state index is 11.9. The van der Waals surface area contributed by atoms with Crippen LogP contribution < -0.4 is 5.32 Å². The average Bonchev–Trinajstić information content (AvgIpc) is 3.00. The standard InChI is InChI=1S/C17H13Cl2N3O/c1-20-17(23)15-10-16(13-4-2-3-5-14(13)19)22(21-15)12-8-6-11(18)7-9-12/h2-10H,1H3,(H,20,23). The molecular weight excluding hydrogens is 333 g/mol. The number of carbonyl (C=O) groups is 1. The van der Waals surface area contributed by atoms with Crippen molar-refractivity contribution >= 4 is 29.1 Å². The third-order valence-electron chi connectivity index (χ3n) is 3.39. The van der Waals surface area contributed by atoms with Gasteiger partial charge in [-0.1, -0.05) is 41.4 Å². The number of amides is 1. The molecule has 0 saturated carbocycles. The van der Waals surface area contributed by atoms with Gasteiger partial charge in [-0.05, 0) is 36.4 Å². The summed E-state index contributed by atoms with van der Waals surface area (Å²) in [7, 11) is 1.57. The highest BCUT2D eigenvalue weighted by Crippen LogP contribution is 2.30. The van der Waals surface area contributed by atoms with Crippen molar-refractivity contribution in [3.05, 3.63) is 70.3 Å². The van der Waals surface area contributed by atoms with Crippen molar-refractivity contribution in [2.75, 3.05) is 7.05 Å². The molecule has 0 fully saturated rings. The number of benzene rings is 2. The summed E-state index contributed by atoms with van der Waals surface area (Å²) in [5.41, 5.74) is 2.64. The van der Waals surface area contributed by atoms with Gasteiger partial charge in [0.1, 0.15) is 0 Å². The SMILES string of the molecule is CNC(=O)c1cc(-c2ccccc2Cl)n(-c2ccc(Cl)cc2)n1. The van der Waals surface area contributed by atoms with Gasteiger partial charge in [-0.25, -0.2) is 4.68 Å². The number of halogens is 2. The summed E-state index contributed by atoms with van der Waals surface area (Å²) in [6.07, 6.45) is 0. The Balaban J connectivity index is 2.21. The second-order valence-corrected chi connectivity index (χ2v) is 5.71. The first kappa shape index (κ1) is 15.6. The molecule has 116 valence electrons. The summed E-state index contributed by atoms with van der Waals surface area (Å²) in [5, 5.41) is 8.20. The molecule has 0 aliphatic heterocycles. The Morgan fingerprint density at radius 2 is 1.78 bits per heavy atom. The second-order valence-electron chi connectivity index (χ2n) is 4.86. The van der Waals surface area contributed by atoms with Crippen LogP contribution in [-0.4, -0.2) is 22.7 Å². The lowest BCUT2D eigenvalue weighted by atomic mass is 10.1. The molecule has 0 unspecified atom stereocenters. The molecule has 1 N–H and O–H groups in total. The van der Waals surface area contributed by atoms with E-state index in [9.17, 15) is 4.79 Å². The van der Waals surface area contributed by atoms with Crippen LogP contribution in [0.15, 0.2) is 54.6 Å². The van der Waals surface area contributed by atoms with E-state index in [0.29, 0.717) is 15.7 Å². The third-order valence-corrected chi connectivity index (χ3v) is 3.97. The van der Waals surface area contributed by atoms with E-state index < -0.39 is 0 Å². The number of aromatic nitrogens is 2. The molecule has 0 saturated heterocycles. The molecule has 3 aromatic rings. The minimum atomic E-state index is -0.258. The Morgan fingerprint density at radius 3 is 2.43 bits per heavy atom. The molecule has 1 aromatic heterocycles. The number of carbonyl (C=O) groups excluding carboxylic acids is 1. The number of hydrogen-bond donors (Lipinski definition) is 1. The van der Waals surface area contributed by atoms with Crippen LogP contribution in [0, 0.1) is 0 Å². The van der Waals surface area contributed by atoms with E-state index in [2.05, 4.69) is 10.4 Å². The smallest absolute Gasteiger partial charge is 0.271 e. The third kappa shape index (κ3) is 3.09. The van der Waals surface area contributed by atoms with Crippen LogP contribution in [0.5, 0.6) is 0 Å². The highest BCUT2D eigenvalue weighted by atomic mass is 35.5. The van der Waals surface area contributed by atoms with Crippen LogP contribution in [0.2, 0.25) is 10.0 Å². The van der Waals surface area contributed by atoms with Gasteiger partial charge < -0.3 is 5.32 Å². The van der Waals surface area contributed by atoms with Crippen LogP contribution in [0.1, 0.15) is 10.5 Å². The molecule has 0 spiro atoms. The second kappa shape index (κ2) is 6.44. The van der Waals surface area contributed by atoms with E-state index in [-0.39, 0.29) is 5.91 Å². The van der Waals surface area contributed by atoms with Gasteiger partial charge in [0.15, 0.2) is 5.69 Å². The van der Waals surface area contributed by atoms with Crippen molar-refractivity contribution in [2.24, 2.45) is 0 Å². The quantitative estimate of drug-likeness (QED) is 0.772. The lowest BCUT2D eigenvalue weighted by Gasteiger charge is -2.09. The van der Waals surface area contributed by atoms with Crippen molar-refractivity contribution in [3.63, 3.8) is 0 Å². The van der Waals surface area contributed by atoms with E-state index >= 15 is 0 Å². The van der Waals surface area contributed by atoms with Crippen LogP contribution in [0.25, 0.3) is 16.9 Å². The van der Waals surface area contributed by atoms with Gasteiger partial charge in [0.25, 0.3) is 5.91 Å². The molecule has 0 atom stereocenters. The summed E-state index contributed by atoms with van der Waals surface area (Å²) >= 11 is 12.2. The highest BCUT2D eigenvalue weighted by molar-refractivity contribution is 6.33. The van der Waals surface area contributed by atoms with Gasteiger partial charge in [-0.3, -0.25) is 4.79 Å². The minimum absolute atomic E-state index is 0.258. The molecule has 6 heteroatoms. The summed E-state index contributed by atoms with van der Waals surface area (Å²) in [5.74, 6) is -0.258. The monoisotopic (exact) mass is 345 g/mol. The molecule has 0 aliphatic carbocycles. The van der Waals surface area contributed by atoms with Crippen molar-refractivity contribution in [1.29, 1.82) is 0 Å². The number of nitrogens with one attached hydrogen (secondary N) is 1. The largest absolute Gasteiger partial charge is 0.354 e. The fourth-order valence-electron chi connectivity index (χ4n) is 2.26. The molecule has 4 nitrogen and oxygen atoms in total. The summed E-state index contributed by atoms with van der Waals surface area (Å²) in [6.45, 7) is 0. The average molecular weight is 346 g/mol. The zero-order chi connectivity index (χ0) is 16.4. The Kier molecular flexibility index (Phi) is 4.37. The van der Waals surface area contributed by atoms with Gasteiger partial charge in [0.2, 0.25) is 0 Å². The molecule has 2 aromatic carbocycles. The first-order valence-electron chi connectivity index (χ1n) is 6.93. The first-order chi connectivity index (χ1) is 11.1. The molecule has 3 rings (SSSR count). The van der Waals surface area contributed by atoms with Crippen LogP contribution in [0.3, 0.4) is 0 Å². The Hall–Kier alpha value is -2.30. The van der Waals surface area contributed by atoms with Gasteiger partial charge in [-0.15, -0.1) is 0 Å². The van der Waals surface area contributed by atoms with E-state index in [0.717, 1.165) is 16.9 Å². The summed E-state index contributed by atoms with van der Waals surface area (Å²) < 4.78 is 1.68. The van der Waals surface area contributed by atoms with Crippen molar-refractivity contribution in [2.45, 2.75) is 0 Å². The molecule has 1 amide bonds. The van der Waals surface area contributed by atoms with E-state index in [4.69, 9.17) is 23.2 Å². The first-order valence-corrected chi connectivity index (χ1v) is 7.68. The molecule has 23 heavy (non-hydrogen) atoms. The molecular formula is C17H13Cl2N3O. The summed E-state index contributed by atoms with van der Waals surface area (Å²) in [4.78, 5) is 11.9. The fraction of sp³-hybridized carbons (Fsp3) is 0.0588. The van der Waals surface area contributed by atoms with Crippen molar-refractivity contribution in [3.8, 4) is 16.9 Å². The zero-order valence-electron chi connectivity index (χ0n) is 12.3. The molecule has 0 aliphatic rings. The Morgan fingerprint density at radius 1 is 1.09 bits per heavy atom. The van der Waals surface area contributed by atoms with Gasteiger partial charge in [0, 0.05) is 22.7 Å². The summed E-state index contributed by atoms with van der Waals surface area (Å²) in [6, 6.07) is 16.4. The van der Waals surface area contributed by atoms with E-state index in [1.807, 2.05) is 30.3 Å².